The first-order chi connectivity index (χ1) is 12.3. The molecule has 2 aliphatic rings. The molecular formula is C21H32N2O2. The predicted octanol–water partition coefficient (Wildman–Crippen LogP) is 3.86. The molecular weight excluding hydrogens is 312 g/mol. The van der Waals surface area contributed by atoms with Crippen molar-refractivity contribution in [2.75, 3.05) is 26.2 Å². The molecule has 138 valence electrons. The maximum atomic E-state index is 12.7. The van der Waals surface area contributed by atoms with Gasteiger partial charge < -0.3 is 15.0 Å². The van der Waals surface area contributed by atoms with Gasteiger partial charge in [0.25, 0.3) is 5.91 Å². The van der Waals surface area contributed by atoms with Gasteiger partial charge in [-0.2, -0.15) is 0 Å². The van der Waals surface area contributed by atoms with Crippen molar-refractivity contribution in [1.82, 2.24) is 10.2 Å². The summed E-state index contributed by atoms with van der Waals surface area (Å²) in [5, 5.41) is 3.66. The highest BCUT2D eigenvalue weighted by molar-refractivity contribution is 5.94. The van der Waals surface area contributed by atoms with Gasteiger partial charge in [-0.15, -0.1) is 0 Å². The molecule has 0 atom stereocenters. The van der Waals surface area contributed by atoms with E-state index >= 15 is 0 Å². The molecule has 0 spiro atoms. The summed E-state index contributed by atoms with van der Waals surface area (Å²) in [6, 6.07) is 8.22. The average Bonchev–Trinajstić information content (AvgIpc) is 3.48. The number of likely N-dealkylation sites (tertiary alicyclic amines) is 1. The Balaban J connectivity index is 1.41. The van der Waals surface area contributed by atoms with Crippen molar-refractivity contribution < 1.29 is 9.53 Å². The molecule has 1 aromatic carbocycles. The van der Waals surface area contributed by atoms with Crippen LogP contribution in [0.25, 0.3) is 0 Å². The SMILES string of the molecule is CCCCCOc1ccc(C(=O)N2CCC(NCC3CC3)CC2)cc1. The number of nitrogens with one attached hydrogen (secondary N) is 1. The highest BCUT2D eigenvalue weighted by Crippen LogP contribution is 2.28. The maximum Gasteiger partial charge on any atom is 0.253 e. The van der Waals surface area contributed by atoms with Crippen LogP contribution in [0.5, 0.6) is 5.75 Å². The molecule has 1 amide bonds. The molecule has 1 aliphatic heterocycles. The van der Waals surface area contributed by atoms with Crippen molar-refractivity contribution >= 4 is 5.91 Å². The van der Waals surface area contributed by atoms with E-state index in [1.165, 1.54) is 32.2 Å². The third kappa shape index (κ3) is 5.74. The number of carbonyl (C=O) groups excluding carboxylic acids is 1. The summed E-state index contributed by atoms with van der Waals surface area (Å²) in [6.45, 7) is 5.82. The first kappa shape index (κ1) is 18.2. The van der Waals surface area contributed by atoms with Gasteiger partial charge >= 0.3 is 0 Å². The van der Waals surface area contributed by atoms with Gasteiger partial charge in [-0.05, 0) is 68.8 Å². The molecule has 1 aliphatic carbocycles. The Labute approximate surface area is 151 Å². The molecule has 0 bridgehead atoms. The minimum absolute atomic E-state index is 0.151. The number of hydrogen-bond acceptors (Lipinski definition) is 3. The summed E-state index contributed by atoms with van der Waals surface area (Å²) in [5.41, 5.74) is 0.769. The van der Waals surface area contributed by atoms with E-state index in [0.29, 0.717) is 6.04 Å². The van der Waals surface area contributed by atoms with Crippen molar-refractivity contribution in [3.63, 3.8) is 0 Å². The van der Waals surface area contributed by atoms with E-state index in [-0.39, 0.29) is 5.91 Å². The highest BCUT2D eigenvalue weighted by atomic mass is 16.5. The molecule has 3 rings (SSSR count). The van der Waals surface area contributed by atoms with Gasteiger partial charge in [-0.3, -0.25) is 4.79 Å². The van der Waals surface area contributed by atoms with Gasteiger partial charge in [-0.25, -0.2) is 0 Å². The summed E-state index contributed by atoms with van der Waals surface area (Å²) in [5.74, 6) is 1.93. The molecule has 4 heteroatoms. The number of benzene rings is 1. The van der Waals surface area contributed by atoms with Crippen LogP contribution in [0.3, 0.4) is 0 Å². The van der Waals surface area contributed by atoms with Gasteiger partial charge in [0, 0.05) is 24.7 Å². The standard InChI is InChI=1S/C21H32N2O2/c1-2-3-4-15-25-20-9-7-18(8-10-20)21(24)23-13-11-19(12-14-23)22-16-17-5-6-17/h7-10,17,19,22H,2-6,11-16H2,1H3. The lowest BCUT2D eigenvalue weighted by molar-refractivity contribution is 0.0705. The van der Waals surface area contributed by atoms with Gasteiger partial charge in [-0.1, -0.05) is 19.8 Å². The molecule has 1 aromatic rings. The third-order valence-electron chi connectivity index (χ3n) is 5.29. The smallest absolute Gasteiger partial charge is 0.253 e. The van der Waals surface area contributed by atoms with Crippen LogP contribution in [0.2, 0.25) is 0 Å². The number of piperidine rings is 1. The Kier molecular flexibility index (Phi) is 6.74. The van der Waals surface area contributed by atoms with Crippen molar-refractivity contribution in [3.8, 4) is 5.75 Å². The Bertz CT molecular complexity index is 531. The molecule has 25 heavy (non-hydrogen) atoms. The van der Waals surface area contributed by atoms with Gasteiger partial charge in [0.2, 0.25) is 0 Å². The molecule has 1 saturated heterocycles. The molecule has 1 saturated carbocycles. The topological polar surface area (TPSA) is 41.6 Å². The van der Waals surface area contributed by atoms with E-state index in [9.17, 15) is 4.79 Å². The summed E-state index contributed by atoms with van der Waals surface area (Å²) >= 11 is 0. The van der Waals surface area contributed by atoms with E-state index in [1.807, 2.05) is 29.2 Å². The third-order valence-corrected chi connectivity index (χ3v) is 5.29. The van der Waals surface area contributed by atoms with Crippen LogP contribution < -0.4 is 10.1 Å². The van der Waals surface area contributed by atoms with Crippen molar-refractivity contribution in [1.29, 1.82) is 0 Å². The lowest BCUT2D eigenvalue weighted by atomic mass is 10.0. The monoisotopic (exact) mass is 344 g/mol. The number of carbonyl (C=O) groups is 1. The number of rotatable bonds is 9. The second-order valence-electron chi connectivity index (χ2n) is 7.50. The minimum atomic E-state index is 0.151. The van der Waals surface area contributed by atoms with Crippen LogP contribution in [0.4, 0.5) is 0 Å². The zero-order valence-corrected chi connectivity index (χ0v) is 15.5. The molecule has 1 heterocycles. The van der Waals surface area contributed by atoms with Crippen molar-refractivity contribution in [3.05, 3.63) is 29.8 Å². The Morgan fingerprint density at radius 2 is 1.84 bits per heavy atom. The van der Waals surface area contributed by atoms with Crippen LogP contribution in [0.1, 0.15) is 62.2 Å². The van der Waals surface area contributed by atoms with Gasteiger partial charge in [0.15, 0.2) is 0 Å². The summed E-state index contributed by atoms with van der Waals surface area (Å²) in [4.78, 5) is 14.7. The Morgan fingerprint density at radius 3 is 2.48 bits per heavy atom. The van der Waals surface area contributed by atoms with Gasteiger partial charge in [0.05, 0.1) is 6.61 Å². The van der Waals surface area contributed by atoms with Crippen LogP contribution in [-0.2, 0) is 0 Å². The first-order valence-corrected chi connectivity index (χ1v) is 10.0. The van der Waals surface area contributed by atoms with Crippen LogP contribution in [0, 0.1) is 5.92 Å². The molecule has 2 fully saturated rings. The Morgan fingerprint density at radius 1 is 1.12 bits per heavy atom. The summed E-state index contributed by atoms with van der Waals surface area (Å²) in [7, 11) is 0. The fraction of sp³-hybridized carbons (Fsp3) is 0.667. The summed E-state index contributed by atoms with van der Waals surface area (Å²) < 4.78 is 5.72. The highest BCUT2D eigenvalue weighted by Gasteiger charge is 2.26. The van der Waals surface area contributed by atoms with Crippen LogP contribution in [0.15, 0.2) is 24.3 Å². The van der Waals surface area contributed by atoms with Crippen LogP contribution >= 0.6 is 0 Å². The lowest BCUT2D eigenvalue weighted by Gasteiger charge is -2.32. The predicted molar refractivity (Wildman–Crippen MR) is 101 cm³/mol. The summed E-state index contributed by atoms with van der Waals surface area (Å²) in [6.07, 6.45) is 8.39. The zero-order valence-electron chi connectivity index (χ0n) is 15.5. The minimum Gasteiger partial charge on any atom is -0.494 e. The number of ether oxygens (including phenoxy) is 1. The fourth-order valence-electron chi connectivity index (χ4n) is 3.36. The van der Waals surface area contributed by atoms with Crippen LogP contribution in [-0.4, -0.2) is 43.1 Å². The number of unbranched alkanes of at least 4 members (excludes halogenated alkanes) is 2. The number of nitrogens with zero attached hydrogens (tertiary/aromatic N) is 1. The van der Waals surface area contributed by atoms with Gasteiger partial charge in [0.1, 0.15) is 5.75 Å². The van der Waals surface area contributed by atoms with E-state index < -0.39 is 0 Å². The molecule has 4 nitrogen and oxygen atoms in total. The maximum absolute atomic E-state index is 12.7. The second kappa shape index (κ2) is 9.23. The van der Waals surface area contributed by atoms with E-state index in [4.69, 9.17) is 4.74 Å². The molecule has 1 N–H and O–H groups in total. The van der Waals surface area contributed by atoms with E-state index in [1.54, 1.807) is 0 Å². The fourth-order valence-corrected chi connectivity index (χ4v) is 3.36. The average molecular weight is 344 g/mol. The largest absolute Gasteiger partial charge is 0.494 e. The number of amides is 1. The van der Waals surface area contributed by atoms with Crippen molar-refractivity contribution in [2.24, 2.45) is 5.92 Å². The van der Waals surface area contributed by atoms with E-state index in [2.05, 4.69) is 12.2 Å². The second-order valence-corrected chi connectivity index (χ2v) is 7.50. The van der Waals surface area contributed by atoms with Crippen molar-refractivity contribution in [2.45, 2.75) is 57.9 Å². The number of hydrogen-bond donors (Lipinski definition) is 1. The van der Waals surface area contributed by atoms with E-state index in [0.717, 1.165) is 56.2 Å². The first-order valence-electron chi connectivity index (χ1n) is 10.0. The quantitative estimate of drug-likeness (QED) is 0.692. The molecule has 0 aromatic heterocycles. The zero-order chi connectivity index (χ0) is 17.5. The molecule has 0 radical (unpaired) electrons. The normalized spacial score (nSPS) is 18.4. The molecule has 0 unspecified atom stereocenters. The lowest BCUT2D eigenvalue weighted by Crippen LogP contribution is -2.45. The Hall–Kier alpha value is -1.55.